The standard InChI is InChI=1S/C20H25F2N7OS/c1-26-18(29-8-6-13(22)14(24)7-9-29)15(10-23)27-19(30)16-17(25)31-20(28-16)11-4-2-3-5-12(11)21/h2-5,10,13-14H,6-9,23-25H2,1H3,(H,27,30)/t13-,14-/m1/s1. The molecule has 1 fully saturated rings. The first-order chi connectivity index (χ1) is 14.8. The van der Waals surface area contributed by atoms with Gasteiger partial charge in [0.2, 0.25) is 0 Å². The summed E-state index contributed by atoms with van der Waals surface area (Å²) in [7, 11) is 1.55. The zero-order chi connectivity index (χ0) is 22.5. The van der Waals surface area contributed by atoms with Gasteiger partial charge >= 0.3 is 0 Å². The fourth-order valence-electron chi connectivity index (χ4n) is 3.33. The Morgan fingerprint density at radius 2 is 2.06 bits per heavy atom. The number of aliphatic imine (C=N–C) groups is 1. The predicted octanol–water partition coefficient (Wildman–Crippen LogP) is 1.85. The Balaban J connectivity index is 1.79. The molecule has 1 aromatic carbocycles. The van der Waals surface area contributed by atoms with Gasteiger partial charge in [0.1, 0.15) is 27.8 Å². The van der Waals surface area contributed by atoms with E-state index in [1.54, 1.807) is 25.2 Å². The van der Waals surface area contributed by atoms with E-state index < -0.39 is 23.9 Å². The van der Waals surface area contributed by atoms with Crippen molar-refractivity contribution in [3.63, 3.8) is 0 Å². The summed E-state index contributed by atoms with van der Waals surface area (Å²) < 4.78 is 28.0. The first-order valence-electron chi connectivity index (χ1n) is 9.71. The Bertz CT molecular complexity index is 995. The molecule has 1 saturated heterocycles. The average Bonchev–Trinajstić information content (AvgIpc) is 3.07. The summed E-state index contributed by atoms with van der Waals surface area (Å²) in [5, 5.41) is 3.10. The number of alkyl halides is 1. The van der Waals surface area contributed by atoms with E-state index in [1.807, 2.05) is 4.90 Å². The second-order valence-corrected chi connectivity index (χ2v) is 8.07. The van der Waals surface area contributed by atoms with Crippen molar-refractivity contribution < 1.29 is 13.6 Å². The molecule has 0 radical (unpaired) electrons. The van der Waals surface area contributed by atoms with Crippen LogP contribution in [-0.2, 0) is 0 Å². The van der Waals surface area contributed by atoms with Gasteiger partial charge in [-0.3, -0.25) is 9.79 Å². The van der Waals surface area contributed by atoms with Gasteiger partial charge in [0.25, 0.3) is 5.91 Å². The summed E-state index contributed by atoms with van der Waals surface area (Å²) in [4.78, 5) is 23.1. The quantitative estimate of drug-likeness (QED) is 0.416. The minimum absolute atomic E-state index is 0.0419. The zero-order valence-corrected chi connectivity index (χ0v) is 17.8. The molecule has 11 heteroatoms. The number of nitrogens with two attached hydrogens (primary N) is 3. The lowest BCUT2D eigenvalue weighted by Gasteiger charge is -2.25. The van der Waals surface area contributed by atoms with Crippen LogP contribution in [0.3, 0.4) is 0 Å². The fourth-order valence-corrected chi connectivity index (χ4v) is 4.19. The van der Waals surface area contributed by atoms with E-state index in [0.717, 1.165) is 11.3 Å². The Hall–Kier alpha value is -3.05. The van der Waals surface area contributed by atoms with Crippen molar-refractivity contribution in [1.29, 1.82) is 0 Å². The summed E-state index contributed by atoms with van der Waals surface area (Å²) in [5.41, 5.74) is 18.0. The lowest BCUT2D eigenvalue weighted by atomic mass is 10.1. The van der Waals surface area contributed by atoms with Crippen LogP contribution >= 0.6 is 11.3 Å². The Morgan fingerprint density at radius 1 is 1.35 bits per heavy atom. The number of aromatic nitrogens is 1. The number of rotatable bonds is 4. The van der Waals surface area contributed by atoms with Crippen molar-refractivity contribution in [1.82, 2.24) is 15.2 Å². The second kappa shape index (κ2) is 9.84. The fraction of sp³-hybridized carbons (Fsp3) is 0.350. The largest absolute Gasteiger partial charge is 0.403 e. The number of amides is 1. The third-order valence-electron chi connectivity index (χ3n) is 5.01. The third-order valence-corrected chi connectivity index (χ3v) is 5.93. The van der Waals surface area contributed by atoms with Gasteiger partial charge in [-0.05, 0) is 25.0 Å². The molecule has 7 N–H and O–H groups in total. The van der Waals surface area contributed by atoms with E-state index in [2.05, 4.69) is 15.3 Å². The molecule has 0 unspecified atom stereocenters. The highest BCUT2D eigenvalue weighted by Gasteiger charge is 2.27. The number of amidine groups is 1. The molecular weight excluding hydrogens is 424 g/mol. The number of carbonyl (C=O) groups excluding carboxylic acids is 1. The summed E-state index contributed by atoms with van der Waals surface area (Å²) in [6.45, 7) is 0.850. The van der Waals surface area contributed by atoms with Crippen LogP contribution in [0.4, 0.5) is 13.8 Å². The van der Waals surface area contributed by atoms with E-state index in [4.69, 9.17) is 17.2 Å². The number of thiazole rings is 1. The Morgan fingerprint density at radius 3 is 2.74 bits per heavy atom. The highest BCUT2D eigenvalue weighted by Crippen LogP contribution is 2.31. The van der Waals surface area contributed by atoms with Gasteiger partial charge in [0.15, 0.2) is 5.69 Å². The van der Waals surface area contributed by atoms with E-state index in [9.17, 15) is 13.6 Å². The summed E-state index contributed by atoms with van der Waals surface area (Å²) >= 11 is 1.01. The van der Waals surface area contributed by atoms with Crippen LogP contribution in [0.1, 0.15) is 23.3 Å². The molecule has 3 rings (SSSR count). The van der Waals surface area contributed by atoms with Gasteiger partial charge in [-0.1, -0.05) is 23.5 Å². The number of hydrogen-bond acceptors (Lipinski definition) is 7. The summed E-state index contributed by atoms with van der Waals surface area (Å²) in [5.74, 6) is -0.666. The number of hydrogen-bond donors (Lipinski definition) is 4. The maximum Gasteiger partial charge on any atom is 0.277 e. The molecule has 1 aromatic heterocycles. The highest BCUT2D eigenvalue weighted by atomic mass is 32.1. The molecule has 8 nitrogen and oxygen atoms in total. The number of carbonyl (C=O) groups is 1. The smallest absolute Gasteiger partial charge is 0.277 e. The van der Waals surface area contributed by atoms with Crippen LogP contribution in [0.2, 0.25) is 0 Å². The normalized spacial score (nSPS) is 20.5. The van der Waals surface area contributed by atoms with Crippen molar-refractivity contribution >= 4 is 28.1 Å². The predicted molar refractivity (Wildman–Crippen MR) is 119 cm³/mol. The Kier molecular flexibility index (Phi) is 7.18. The van der Waals surface area contributed by atoms with Gasteiger partial charge in [0, 0.05) is 37.9 Å². The minimum atomic E-state index is -1.10. The highest BCUT2D eigenvalue weighted by molar-refractivity contribution is 7.19. The number of benzene rings is 1. The molecule has 0 spiro atoms. The number of nitrogen functional groups attached to an aromatic ring is 1. The van der Waals surface area contributed by atoms with Gasteiger partial charge in [-0.25, -0.2) is 13.8 Å². The molecule has 31 heavy (non-hydrogen) atoms. The van der Waals surface area contributed by atoms with Crippen molar-refractivity contribution in [2.24, 2.45) is 16.5 Å². The van der Waals surface area contributed by atoms with E-state index in [1.165, 1.54) is 12.3 Å². The first kappa shape index (κ1) is 22.6. The lowest BCUT2D eigenvalue weighted by Crippen LogP contribution is -2.40. The third kappa shape index (κ3) is 5.00. The maximum absolute atomic E-state index is 14.1. The molecule has 0 saturated carbocycles. The number of nitrogens with zero attached hydrogens (tertiary/aromatic N) is 3. The summed E-state index contributed by atoms with van der Waals surface area (Å²) in [6, 6.07) is 5.55. The molecule has 0 aliphatic carbocycles. The maximum atomic E-state index is 14.1. The molecular formula is C20H25F2N7OS. The minimum Gasteiger partial charge on any atom is -0.403 e. The second-order valence-electron chi connectivity index (χ2n) is 7.04. The van der Waals surface area contributed by atoms with Crippen LogP contribution in [0.15, 0.2) is 41.2 Å². The van der Waals surface area contributed by atoms with Crippen molar-refractivity contribution in [3.8, 4) is 10.6 Å². The molecule has 166 valence electrons. The lowest BCUT2D eigenvalue weighted by molar-refractivity contribution is 0.0964. The number of likely N-dealkylation sites (tertiary alicyclic amines) is 1. The SMILES string of the molecule is CN=C(C(=CN)NC(=O)c1nc(-c2ccccc2F)sc1N)N1CC[C@@H](N)[C@H](F)CC1. The Labute approximate surface area is 182 Å². The van der Waals surface area contributed by atoms with Gasteiger partial charge in [-0.15, -0.1) is 0 Å². The monoisotopic (exact) mass is 449 g/mol. The molecule has 2 atom stereocenters. The summed E-state index contributed by atoms with van der Waals surface area (Å²) in [6.07, 6.45) is 0.793. The van der Waals surface area contributed by atoms with Crippen LogP contribution < -0.4 is 22.5 Å². The molecule has 1 aliphatic rings. The van der Waals surface area contributed by atoms with E-state index in [-0.39, 0.29) is 28.4 Å². The molecule has 0 bridgehead atoms. The first-order valence-corrected chi connectivity index (χ1v) is 10.5. The number of nitrogens with one attached hydrogen (secondary N) is 1. The van der Waals surface area contributed by atoms with E-state index in [0.29, 0.717) is 30.4 Å². The van der Waals surface area contributed by atoms with Crippen molar-refractivity contribution in [2.45, 2.75) is 25.1 Å². The van der Waals surface area contributed by atoms with Crippen LogP contribution in [0.25, 0.3) is 10.6 Å². The van der Waals surface area contributed by atoms with Crippen LogP contribution in [-0.4, -0.2) is 54.0 Å². The van der Waals surface area contributed by atoms with Crippen molar-refractivity contribution in [2.75, 3.05) is 25.9 Å². The van der Waals surface area contributed by atoms with Crippen LogP contribution in [0.5, 0.6) is 0 Å². The molecule has 2 heterocycles. The topological polar surface area (TPSA) is 136 Å². The van der Waals surface area contributed by atoms with Gasteiger partial charge in [0.05, 0.1) is 5.70 Å². The number of anilines is 1. The van der Waals surface area contributed by atoms with Gasteiger partial charge < -0.3 is 27.4 Å². The van der Waals surface area contributed by atoms with Gasteiger partial charge in [-0.2, -0.15) is 0 Å². The zero-order valence-electron chi connectivity index (χ0n) is 17.0. The molecule has 2 aromatic rings. The van der Waals surface area contributed by atoms with E-state index >= 15 is 0 Å². The van der Waals surface area contributed by atoms with Crippen molar-refractivity contribution in [3.05, 3.63) is 47.7 Å². The average molecular weight is 450 g/mol. The molecule has 1 amide bonds. The number of halogens is 2. The molecule has 1 aliphatic heterocycles. The van der Waals surface area contributed by atoms with Crippen LogP contribution in [0, 0.1) is 5.82 Å².